The zero-order chi connectivity index (χ0) is 13.1. The molecule has 0 bridgehead atoms. The Morgan fingerprint density at radius 2 is 2.33 bits per heavy atom. The van der Waals surface area contributed by atoms with E-state index in [1.807, 2.05) is 25.1 Å². The number of carbonyl (C=O) groups is 1. The van der Waals surface area contributed by atoms with E-state index in [4.69, 9.17) is 9.52 Å². The van der Waals surface area contributed by atoms with E-state index in [0.29, 0.717) is 12.4 Å². The van der Waals surface area contributed by atoms with E-state index < -0.39 is 5.97 Å². The zero-order valence-electron chi connectivity index (χ0n) is 9.61. The van der Waals surface area contributed by atoms with E-state index in [-0.39, 0.29) is 5.69 Å². The highest BCUT2D eigenvalue weighted by Crippen LogP contribution is 2.20. The predicted molar refractivity (Wildman–Crippen MR) is 69.7 cm³/mol. The molecule has 0 saturated carbocycles. The molecule has 0 spiro atoms. The van der Waals surface area contributed by atoms with Crippen LogP contribution in [-0.4, -0.2) is 16.1 Å². The Morgan fingerprint density at radius 3 is 2.94 bits per heavy atom. The Morgan fingerprint density at radius 1 is 1.56 bits per heavy atom. The summed E-state index contributed by atoms with van der Waals surface area (Å²) < 4.78 is 6.06. The summed E-state index contributed by atoms with van der Waals surface area (Å²) in [4.78, 5) is 14.5. The first-order valence-electron chi connectivity index (χ1n) is 5.24. The molecule has 2 aromatic rings. The number of nitrogens with zero attached hydrogens (tertiary/aromatic N) is 1. The van der Waals surface area contributed by atoms with E-state index in [2.05, 4.69) is 26.2 Å². The second-order valence-corrected chi connectivity index (χ2v) is 4.66. The predicted octanol–water partition coefficient (Wildman–Crippen LogP) is 3.06. The molecule has 94 valence electrons. The molecule has 0 radical (unpaired) electrons. The number of nitrogens with one attached hydrogen (secondary N) is 1. The zero-order valence-corrected chi connectivity index (χ0v) is 11.2. The van der Waals surface area contributed by atoms with Crippen molar-refractivity contribution in [2.45, 2.75) is 13.5 Å². The number of carboxylic acids is 1. The molecule has 1 heterocycles. The maximum atomic E-state index is 10.6. The molecule has 6 heteroatoms. The topological polar surface area (TPSA) is 75.4 Å². The van der Waals surface area contributed by atoms with Crippen molar-refractivity contribution in [3.05, 3.63) is 46.1 Å². The Kier molecular flexibility index (Phi) is 3.66. The van der Waals surface area contributed by atoms with Gasteiger partial charge >= 0.3 is 5.97 Å². The highest BCUT2D eigenvalue weighted by Gasteiger charge is 2.10. The number of hydrogen-bond acceptors (Lipinski definition) is 4. The van der Waals surface area contributed by atoms with Crippen LogP contribution in [0.15, 0.2) is 33.4 Å². The van der Waals surface area contributed by atoms with Gasteiger partial charge < -0.3 is 14.8 Å². The average Bonchev–Trinajstić information content (AvgIpc) is 2.76. The number of benzene rings is 1. The van der Waals surface area contributed by atoms with Crippen molar-refractivity contribution in [2.24, 2.45) is 0 Å². The summed E-state index contributed by atoms with van der Waals surface area (Å²) in [6.07, 6.45) is 1.13. The Hall–Kier alpha value is -1.82. The van der Waals surface area contributed by atoms with Crippen molar-refractivity contribution >= 4 is 27.6 Å². The number of carboxylic acid groups (broad SMARTS) is 1. The van der Waals surface area contributed by atoms with Crippen LogP contribution in [0, 0.1) is 6.92 Å². The molecule has 5 nitrogen and oxygen atoms in total. The van der Waals surface area contributed by atoms with Crippen LogP contribution in [0.5, 0.6) is 0 Å². The quantitative estimate of drug-likeness (QED) is 0.907. The van der Waals surface area contributed by atoms with E-state index in [9.17, 15) is 4.79 Å². The van der Waals surface area contributed by atoms with E-state index in [1.165, 1.54) is 0 Å². The third-order valence-corrected chi connectivity index (χ3v) is 2.88. The van der Waals surface area contributed by atoms with Crippen molar-refractivity contribution in [1.82, 2.24) is 4.98 Å². The number of anilines is 1. The van der Waals surface area contributed by atoms with Gasteiger partial charge in [0.2, 0.25) is 5.89 Å². The number of rotatable bonds is 4. The summed E-state index contributed by atoms with van der Waals surface area (Å²) >= 11 is 3.39. The maximum absolute atomic E-state index is 10.6. The summed E-state index contributed by atoms with van der Waals surface area (Å²) in [7, 11) is 0. The van der Waals surface area contributed by atoms with Gasteiger partial charge in [0.1, 0.15) is 6.26 Å². The lowest BCUT2D eigenvalue weighted by Crippen LogP contribution is -2.02. The largest absolute Gasteiger partial charge is 0.476 e. The van der Waals surface area contributed by atoms with Gasteiger partial charge in [-0.1, -0.05) is 15.9 Å². The molecular weight excluding hydrogens is 300 g/mol. The summed E-state index contributed by atoms with van der Waals surface area (Å²) in [5.41, 5.74) is 1.95. The lowest BCUT2D eigenvalue weighted by molar-refractivity contribution is 0.0690. The van der Waals surface area contributed by atoms with Crippen LogP contribution in [0.2, 0.25) is 0 Å². The minimum Gasteiger partial charge on any atom is -0.476 e. The van der Waals surface area contributed by atoms with Gasteiger partial charge in [0, 0.05) is 10.2 Å². The molecule has 0 aliphatic heterocycles. The van der Waals surface area contributed by atoms with Gasteiger partial charge in [-0.2, -0.15) is 0 Å². The van der Waals surface area contributed by atoms with Gasteiger partial charge in [-0.3, -0.25) is 0 Å². The number of halogens is 1. The molecule has 2 rings (SSSR count). The van der Waals surface area contributed by atoms with E-state index in [0.717, 1.165) is 22.0 Å². The third-order valence-electron chi connectivity index (χ3n) is 2.39. The van der Waals surface area contributed by atoms with E-state index in [1.54, 1.807) is 0 Å². The third kappa shape index (κ3) is 2.89. The smallest absolute Gasteiger partial charge is 0.357 e. The van der Waals surface area contributed by atoms with Gasteiger partial charge in [0.25, 0.3) is 0 Å². The fraction of sp³-hybridized carbons (Fsp3) is 0.167. The van der Waals surface area contributed by atoms with Crippen LogP contribution in [0.1, 0.15) is 21.9 Å². The van der Waals surface area contributed by atoms with Gasteiger partial charge in [-0.25, -0.2) is 9.78 Å². The lowest BCUT2D eigenvalue weighted by Gasteiger charge is -2.07. The summed E-state index contributed by atoms with van der Waals surface area (Å²) in [5, 5.41) is 11.8. The molecule has 0 aliphatic rings. The first kappa shape index (κ1) is 12.6. The second-order valence-electron chi connectivity index (χ2n) is 3.74. The summed E-state index contributed by atoms with van der Waals surface area (Å²) in [6, 6.07) is 5.84. The lowest BCUT2D eigenvalue weighted by atomic mass is 10.2. The first-order valence-corrected chi connectivity index (χ1v) is 6.03. The molecule has 18 heavy (non-hydrogen) atoms. The molecule has 0 aliphatic carbocycles. The van der Waals surface area contributed by atoms with Crippen LogP contribution < -0.4 is 5.32 Å². The van der Waals surface area contributed by atoms with E-state index >= 15 is 0 Å². The van der Waals surface area contributed by atoms with Crippen molar-refractivity contribution in [2.75, 3.05) is 5.32 Å². The average molecular weight is 311 g/mol. The van der Waals surface area contributed by atoms with Gasteiger partial charge in [-0.05, 0) is 30.7 Å². The minimum absolute atomic E-state index is 0.0840. The molecule has 0 saturated heterocycles. The van der Waals surface area contributed by atoms with Gasteiger partial charge in [0.15, 0.2) is 5.69 Å². The van der Waals surface area contributed by atoms with Gasteiger partial charge in [-0.15, -0.1) is 0 Å². The molecule has 1 aromatic heterocycles. The number of aryl methyl sites for hydroxylation is 1. The molecule has 0 amide bonds. The van der Waals surface area contributed by atoms with Gasteiger partial charge in [0.05, 0.1) is 6.54 Å². The van der Waals surface area contributed by atoms with Crippen molar-refractivity contribution < 1.29 is 14.3 Å². The fourth-order valence-electron chi connectivity index (χ4n) is 1.49. The second kappa shape index (κ2) is 5.22. The summed E-state index contributed by atoms with van der Waals surface area (Å²) in [5.74, 6) is -0.750. The SMILES string of the molecule is Cc1cc(Br)ccc1NCc1nc(C(=O)O)co1. The van der Waals surface area contributed by atoms with Crippen LogP contribution in [0.4, 0.5) is 5.69 Å². The first-order chi connectivity index (χ1) is 8.56. The molecule has 0 unspecified atom stereocenters. The monoisotopic (exact) mass is 310 g/mol. The van der Waals surface area contributed by atoms with Crippen LogP contribution >= 0.6 is 15.9 Å². The minimum atomic E-state index is -1.09. The number of hydrogen-bond donors (Lipinski definition) is 2. The number of aromatic carboxylic acids is 1. The highest BCUT2D eigenvalue weighted by molar-refractivity contribution is 9.10. The maximum Gasteiger partial charge on any atom is 0.357 e. The van der Waals surface area contributed by atoms with Crippen molar-refractivity contribution in [3.63, 3.8) is 0 Å². The Bertz CT molecular complexity index is 580. The Balaban J connectivity index is 2.04. The van der Waals surface area contributed by atoms with Crippen LogP contribution in [0.3, 0.4) is 0 Å². The molecule has 1 aromatic carbocycles. The fourth-order valence-corrected chi connectivity index (χ4v) is 1.96. The highest BCUT2D eigenvalue weighted by atomic mass is 79.9. The summed E-state index contributed by atoms with van der Waals surface area (Å²) in [6.45, 7) is 2.32. The number of aromatic nitrogens is 1. The normalized spacial score (nSPS) is 10.3. The standard InChI is InChI=1S/C12H11BrN2O3/c1-7-4-8(13)2-3-9(7)14-5-11-15-10(6-18-11)12(16)17/h2-4,6,14H,5H2,1H3,(H,16,17). The van der Waals surface area contributed by atoms with Crippen LogP contribution in [0.25, 0.3) is 0 Å². The molecule has 2 N–H and O–H groups in total. The van der Waals surface area contributed by atoms with Crippen molar-refractivity contribution in [3.8, 4) is 0 Å². The van der Waals surface area contributed by atoms with Crippen LogP contribution in [-0.2, 0) is 6.54 Å². The Labute approximate surface area is 112 Å². The number of oxazole rings is 1. The molecule has 0 atom stereocenters. The molecular formula is C12H11BrN2O3. The molecule has 0 fully saturated rings. The van der Waals surface area contributed by atoms with Crippen molar-refractivity contribution in [1.29, 1.82) is 0 Å².